The largest absolute Gasteiger partial charge is 0.372 e. The van der Waals surface area contributed by atoms with Crippen molar-refractivity contribution in [3.63, 3.8) is 0 Å². The Kier molecular flexibility index (Phi) is 5.71. The quantitative estimate of drug-likeness (QED) is 0.837. The van der Waals surface area contributed by atoms with Crippen molar-refractivity contribution in [3.8, 4) is 11.4 Å². The number of rotatable bonds is 5. The molecule has 3 rings (SSSR count). The molecule has 0 aliphatic carbocycles. The first kappa shape index (κ1) is 17.5. The molecule has 1 aliphatic rings. The molecule has 0 bridgehead atoms. The summed E-state index contributed by atoms with van der Waals surface area (Å²) in [4.78, 5) is 23.0. The molecular weight excluding hydrogens is 321 g/mol. The Morgan fingerprint density at radius 1 is 1.32 bits per heavy atom. The standard InChI is InChI=1S/C19H22FN3O2/c1-2-25-13-18(24)23-11-3-4-15(12-23)17-9-10-21-19(22-17)14-5-7-16(20)8-6-14/h5-10,15H,2-4,11-13H2,1H3. The van der Waals surface area contributed by atoms with Gasteiger partial charge in [0.15, 0.2) is 5.82 Å². The fourth-order valence-electron chi connectivity index (χ4n) is 3.06. The molecular formula is C19H22FN3O2. The maximum atomic E-state index is 13.1. The molecule has 132 valence electrons. The number of amides is 1. The number of benzene rings is 1. The summed E-state index contributed by atoms with van der Waals surface area (Å²) < 4.78 is 18.3. The SMILES string of the molecule is CCOCC(=O)N1CCCC(c2ccnc(-c3ccc(F)cc3)n2)C1. The van der Waals surface area contributed by atoms with E-state index >= 15 is 0 Å². The van der Waals surface area contributed by atoms with Crippen molar-refractivity contribution in [2.24, 2.45) is 0 Å². The zero-order chi connectivity index (χ0) is 17.6. The average Bonchev–Trinajstić information content (AvgIpc) is 2.67. The van der Waals surface area contributed by atoms with Crippen LogP contribution >= 0.6 is 0 Å². The lowest BCUT2D eigenvalue weighted by atomic mass is 9.94. The van der Waals surface area contributed by atoms with Gasteiger partial charge in [0.2, 0.25) is 5.91 Å². The third kappa shape index (κ3) is 4.39. The van der Waals surface area contributed by atoms with Crippen molar-refractivity contribution in [1.82, 2.24) is 14.9 Å². The molecule has 5 nitrogen and oxygen atoms in total. The highest BCUT2D eigenvalue weighted by Gasteiger charge is 2.25. The molecule has 1 aromatic heterocycles. The van der Waals surface area contributed by atoms with Gasteiger partial charge in [0.05, 0.1) is 0 Å². The van der Waals surface area contributed by atoms with Gasteiger partial charge >= 0.3 is 0 Å². The van der Waals surface area contributed by atoms with Gasteiger partial charge in [-0.25, -0.2) is 14.4 Å². The van der Waals surface area contributed by atoms with E-state index in [-0.39, 0.29) is 24.2 Å². The number of hydrogen-bond acceptors (Lipinski definition) is 4. The topological polar surface area (TPSA) is 55.3 Å². The van der Waals surface area contributed by atoms with Crippen molar-refractivity contribution in [1.29, 1.82) is 0 Å². The van der Waals surface area contributed by atoms with Crippen molar-refractivity contribution in [2.75, 3.05) is 26.3 Å². The van der Waals surface area contributed by atoms with Gasteiger partial charge in [0, 0.05) is 43.1 Å². The van der Waals surface area contributed by atoms with E-state index < -0.39 is 0 Å². The van der Waals surface area contributed by atoms with Gasteiger partial charge in [0.25, 0.3) is 0 Å². The summed E-state index contributed by atoms with van der Waals surface area (Å²) in [7, 11) is 0. The number of likely N-dealkylation sites (tertiary alicyclic amines) is 1. The van der Waals surface area contributed by atoms with Crippen LogP contribution in [0.3, 0.4) is 0 Å². The lowest BCUT2D eigenvalue weighted by Gasteiger charge is -2.32. The van der Waals surface area contributed by atoms with Crippen LogP contribution in [0.25, 0.3) is 11.4 Å². The third-order valence-electron chi connectivity index (χ3n) is 4.40. The van der Waals surface area contributed by atoms with E-state index in [1.165, 1.54) is 12.1 Å². The maximum Gasteiger partial charge on any atom is 0.248 e. The molecule has 0 N–H and O–H groups in total. The van der Waals surface area contributed by atoms with Gasteiger partial charge in [-0.3, -0.25) is 4.79 Å². The monoisotopic (exact) mass is 343 g/mol. The van der Waals surface area contributed by atoms with Crippen LogP contribution in [0.4, 0.5) is 4.39 Å². The zero-order valence-corrected chi connectivity index (χ0v) is 14.3. The first-order chi connectivity index (χ1) is 12.2. The van der Waals surface area contributed by atoms with E-state index in [0.29, 0.717) is 19.0 Å². The molecule has 0 saturated carbocycles. The fourth-order valence-corrected chi connectivity index (χ4v) is 3.06. The Hall–Kier alpha value is -2.34. The lowest BCUT2D eigenvalue weighted by molar-refractivity contribution is -0.137. The second kappa shape index (κ2) is 8.16. The van der Waals surface area contributed by atoms with E-state index in [4.69, 9.17) is 4.74 Å². The predicted molar refractivity (Wildman–Crippen MR) is 92.5 cm³/mol. The molecule has 1 unspecified atom stereocenters. The van der Waals surface area contributed by atoms with E-state index in [0.717, 1.165) is 30.6 Å². The molecule has 1 atom stereocenters. The summed E-state index contributed by atoms with van der Waals surface area (Å²) in [6, 6.07) is 8.05. The molecule has 1 aromatic carbocycles. The number of halogens is 1. The molecule has 1 saturated heterocycles. The highest BCUT2D eigenvalue weighted by atomic mass is 19.1. The second-order valence-electron chi connectivity index (χ2n) is 6.13. The van der Waals surface area contributed by atoms with Gasteiger partial charge in [-0.1, -0.05) is 0 Å². The molecule has 1 fully saturated rings. The summed E-state index contributed by atoms with van der Waals surface area (Å²) in [5.74, 6) is 0.506. The number of aromatic nitrogens is 2. The minimum Gasteiger partial charge on any atom is -0.372 e. The summed E-state index contributed by atoms with van der Waals surface area (Å²) in [6.45, 7) is 3.96. The Bertz CT molecular complexity index is 721. The van der Waals surface area contributed by atoms with E-state index in [2.05, 4.69) is 9.97 Å². The highest BCUT2D eigenvalue weighted by molar-refractivity contribution is 5.77. The summed E-state index contributed by atoms with van der Waals surface area (Å²) in [5, 5.41) is 0. The normalized spacial score (nSPS) is 17.5. The van der Waals surface area contributed by atoms with Crippen LogP contribution in [0.1, 0.15) is 31.4 Å². The number of piperidine rings is 1. The smallest absolute Gasteiger partial charge is 0.248 e. The van der Waals surface area contributed by atoms with Crippen molar-refractivity contribution < 1.29 is 13.9 Å². The molecule has 25 heavy (non-hydrogen) atoms. The first-order valence-electron chi connectivity index (χ1n) is 8.61. The van der Waals surface area contributed by atoms with E-state index in [1.54, 1.807) is 18.3 Å². The maximum absolute atomic E-state index is 13.1. The molecule has 2 heterocycles. The van der Waals surface area contributed by atoms with Crippen molar-refractivity contribution in [2.45, 2.75) is 25.7 Å². The number of carbonyl (C=O) groups excluding carboxylic acids is 1. The van der Waals surface area contributed by atoms with Crippen LogP contribution < -0.4 is 0 Å². The summed E-state index contributed by atoms with van der Waals surface area (Å²) in [6.07, 6.45) is 3.65. The molecule has 0 radical (unpaired) electrons. The minimum absolute atomic E-state index is 0.0272. The van der Waals surface area contributed by atoms with Crippen LogP contribution in [0.15, 0.2) is 36.5 Å². The van der Waals surface area contributed by atoms with E-state index in [9.17, 15) is 9.18 Å². The minimum atomic E-state index is -0.282. The average molecular weight is 343 g/mol. The van der Waals surface area contributed by atoms with Crippen molar-refractivity contribution in [3.05, 3.63) is 48.0 Å². The van der Waals surface area contributed by atoms with Crippen molar-refractivity contribution >= 4 is 5.91 Å². The van der Waals surface area contributed by atoms with Crippen LogP contribution in [0.5, 0.6) is 0 Å². The van der Waals surface area contributed by atoms with Gasteiger partial charge in [-0.15, -0.1) is 0 Å². The molecule has 1 aliphatic heterocycles. The number of nitrogens with zero attached hydrogens (tertiary/aromatic N) is 3. The first-order valence-corrected chi connectivity index (χ1v) is 8.61. The zero-order valence-electron chi connectivity index (χ0n) is 14.3. The summed E-state index contributed by atoms with van der Waals surface area (Å²) >= 11 is 0. The fraction of sp³-hybridized carbons (Fsp3) is 0.421. The Balaban J connectivity index is 1.74. The number of ether oxygens (including phenoxy) is 1. The van der Waals surface area contributed by atoms with Crippen LogP contribution in [-0.2, 0) is 9.53 Å². The van der Waals surface area contributed by atoms with Gasteiger partial charge in [-0.2, -0.15) is 0 Å². The van der Waals surface area contributed by atoms with Crippen LogP contribution in [0.2, 0.25) is 0 Å². The number of hydrogen-bond donors (Lipinski definition) is 0. The van der Waals surface area contributed by atoms with Gasteiger partial charge in [0.1, 0.15) is 12.4 Å². The molecule has 2 aromatic rings. The third-order valence-corrected chi connectivity index (χ3v) is 4.40. The molecule has 0 spiro atoms. The van der Waals surface area contributed by atoms with Crippen LogP contribution in [0, 0.1) is 5.82 Å². The van der Waals surface area contributed by atoms with Gasteiger partial charge in [-0.05, 0) is 50.1 Å². The molecule has 1 amide bonds. The van der Waals surface area contributed by atoms with E-state index in [1.807, 2.05) is 17.9 Å². The molecule has 6 heteroatoms. The Labute approximate surface area is 146 Å². The summed E-state index contributed by atoms with van der Waals surface area (Å²) in [5.41, 5.74) is 1.70. The second-order valence-corrected chi connectivity index (χ2v) is 6.13. The predicted octanol–water partition coefficient (Wildman–Crippen LogP) is 3.03. The Morgan fingerprint density at radius 3 is 2.88 bits per heavy atom. The number of carbonyl (C=O) groups is 1. The Morgan fingerprint density at radius 2 is 2.12 bits per heavy atom. The highest BCUT2D eigenvalue weighted by Crippen LogP contribution is 2.27. The van der Waals surface area contributed by atoms with Gasteiger partial charge < -0.3 is 9.64 Å². The lowest BCUT2D eigenvalue weighted by Crippen LogP contribution is -2.41. The van der Waals surface area contributed by atoms with Crippen LogP contribution in [-0.4, -0.2) is 47.1 Å².